The minimum Gasteiger partial charge on any atom is -0.386 e. The first-order valence-electron chi connectivity index (χ1n) is 5.66. The fraction of sp³-hybridized carbons (Fsp3) is 0.538. The molecule has 1 fully saturated rings. The largest absolute Gasteiger partial charge is 0.386 e. The zero-order chi connectivity index (χ0) is 11.7. The van der Waals surface area contributed by atoms with Gasteiger partial charge in [-0.2, -0.15) is 0 Å². The maximum Gasteiger partial charge on any atom is 0.129 e. The molecule has 1 aromatic carbocycles. The van der Waals surface area contributed by atoms with Crippen LogP contribution in [0.25, 0.3) is 0 Å². The highest BCUT2D eigenvalue weighted by Crippen LogP contribution is 2.30. The molecule has 2 rings (SSSR count). The molecule has 0 aliphatic carbocycles. The zero-order valence-electron chi connectivity index (χ0n) is 9.66. The predicted octanol–water partition coefficient (Wildman–Crippen LogP) is 2.65. The van der Waals surface area contributed by atoms with E-state index in [4.69, 9.17) is 4.74 Å². The Kier molecular flexibility index (Phi) is 3.26. The highest BCUT2D eigenvalue weighted by Gasteiger charge is 2.28. The maximum atomic E-state index is 13.8. The van der Waals surface area contributed by atoms with Crippen LogP contribution in [0.2, 0.25) is 0 Å². The Morgan fingerprint density at radius 1 is 1.44 bits per heavy atom. The monoisotopic (exact) mass is 224 g/mol. The molecule has 1 aromatic rings. The van der Waals surface area contributed by atoms with E-state index in [9.17, 15) is 9.50 Å². The summed E-state index contributed by atoms with van der Waals surface area (Å²) in [6.45, 7) is 4.33. The van der Waals surface area contributed by atoms with Crippen molar-refractivity contribution in [3.8, 4) is 0 Å². The van der Waals surface area contributed by atoms with Crippen molar-refractivity contribution in [2.45, 2.75) is 38.9 Å². The van der Waals surface area contributed by atoms with Crippen LogP contribution in [0.5, 0.6) is 0 Å². The van der Waals surface area contributed by atoms with Crippen molar-refractivity contribution in [3.05, 3.63) is 34.6 Å². The molecule has 1 aliphatic heterocycles. The van der Waals surface area contributed by atoms with Gasteiger partial charge in [-0.25, -0.2) is 4.39 Å². The normalized spacial score (nSPS) is 22.4. The first-order valence-corrected chi connectivity index (χ1v) is 5.66. The molecule has 0 saturated carbocycles. The van der Waals surface area contributed by atoms with Crippen LogP contribution in [0.1, 0.15) is 35.6 Å². The number of hydrogen-bond donors (Lipinski definition) is 1. The molecule has 2 unspecified atom stereocenters. The molecular formula is C13H17FO2. The van der Waals surface area contributed by atoms with Gasteiger partial charge in [-0.15, -0.1) is 0 Å². The molecule has 2 atom stereocenters. The highest BCUT2D eigenvalue weighted by atomic mass is 19.1. The van der Waals surface area contributed by atoms with E-state index in [1.54, 1.807) is 0 Å². The Balaban J connectivity index is 2.31. The molecule has 0 bridgehead atoms. The van der Waals surface area contributed by atoms with Gasteiger partial charge in [0.05, 0.1) is 6.10 Å². The standard InChI is InChI=1S/C13H17FO2/c1-8-6-9(2)12(10(14)7-8)13(15)11-4-3-5-16-11/h6-7,11,13,15H,3-5H2,1-2H3. The third kappa shape index (κ3) is 2.11. The number of ether oxygens (including phenoxy) is 1. The Labute approximate surface area is 95.1 Å². The van der Waals surface area contributed by atoms with Gasteiger partial charge < -0.3 is 9.84 Å². The van der Waals surface area contributed by atoms with E-state index in [-0.39, 0.29) is 11.9 Å². The average molecular weight is 224 g/mol. The molecule has 88 valence electrons. The van der Waals surface area contributed by atoms with Gasteiger partial charge in [-0.3, -0.25) is 0 Å². The summed E-state index contributed by atoms with van der Waals surface area (Å²) in [5.74, 6) is -0.333. The average Bonchev–Trinajstić information content (AvgIpc) is 2.67. The minimum atomic E-state index is -0.844. The predicted molar refractivity (Wildman–Crippen MR) is 59.8 cm³/mol. The second-order valence-electron chi connectivity index (χ2n) is 4.47. The van der Waals surface area contributed by atoms with Crippen LogP contribution in [-0.4, -0.2) is 17.8 Å². The molecule has 1 N–H and O–H groups in total. The third-order valence-electron chi connectivity index (χ3n) is 3.09. The summed E-state index contributed by atoms with van der Waals surface area (Å²) in [5, 5.41) is 10.1. The zero-order valence-corrected chi connectivity index (χ0v) is 9.66. The number of aliphatic hydroxyl groups excluding tert-OH is 1. The van der Waals surface area contributed by atoms with Crippen molar-refractivity contribution >= 4 is 0 Å². The Hall–Kier alpha value is -0.930. The van der Waals surface area contributed by atoms with Gasteiger partial charge in [0, 0.05) is 12.2 Å². The second kappa shape index (κ2) is 4.52. The number of aliphatic hydroxyl groups is 1. The van der Waals surface area contributed by atoms with Crippen molar-refractivity contribution in [3.63, 3.8) is 0 Å². The van der Waals surface area contributed by atoms with Gasteiger partial charge in [0.2, 0.25) is 0 Å². The molecular weight excluding hydrogens is 207 g/mol. The molecule has 0 amide bonds. The molecule has 0 aromatic heterocycles. The highest BCUT2D eigenvalue weighted by molar-refractivity contribution is 5.34. The van der Waals surface area contributed by atoms with Gasteiger partial charge in [0.1, 0.15) is 11.9 Å². The van der Waals surface area contributed by atoms with Crippen molar-refractivity contribution < 1.29 is 14.2 Å². The molecule has 2 nitrogen and oxygen atoms in total. The van der Waals surface area contributed by atoms with E-state index in [0.717, 1.165) is 24.0 Å². The van der Waals surface area contributed by atoms with Crippen LogP contribution in [0.3, 0.4) is 0 Å². The van der Waals surface area contributed by atoms with Gasteiger partial charge >= 0.3 is 0 Å². The Morgan fingerprint density at radius 3 is 2.75 bits per heavy atom. The summed E-state index contributed by atoms with van der Waals surface area (Å²) in [6.07, 6.45) is 0.640. The molecule has 1 saturated heterocycles. The minimum absolute atomic E-state index is 0.254. The van der Waals surface area contributed by atoms with E-state index in [1.165, 1.54) is 6.07 Å². The van der Waals surface area contributed by atoms with Gasteiger partial charge in [0.15, 0.2) is 0 Å². The van der Waals surface area contributed by atoms with Crippen molar-refractivity contribution in [2.24, 2.45) is 0 Å². The van der Waals surface area contributed by atoms with E-state index in [2.05, 4.69) is 0 Å². The lowest BCUT2D eigenvalue weighted by Gasteiger charge is -2.20. The number of aryl methyl sites for hydroxylation is 2. The van der Waals surface area contributed by atoms with Crippen LogP contribution < -0.4 is 0 Å². The van der Waals surface area contributed by atoms with E-state index in [1.807, 2.05) is 19.9 Å². The van der Waals surface area contributed by atoms with Crippen LogP contribution in [0.15, 0.2) is 12.1 Å². The molecule has 3 heteroatoms. The number of benzene rings is 1. The summed E-state index contributed by atoms with van der Waals surface area (Å²) in [4.78, 5) is 0. The summed E-state index contributed by atoms with van der Waals surface area (Å²) < 4.78 is 19.2. The van der Waals surface area contributed by atoms with Crippen molar-refractivity contribution in [1.29, 1.82) is 0 Å². The Bertz CT molecular complexity index is 361. The molecule has 16 heavy (non-hydrogen) atoms. The van der Waals surface area contributed by atoms with Crippen LogP contribution >= 0.6 is 0 Å². The third-order valence-corrected chi connectivity index (χ3v) is 3.09. The summed E-state index contributed by atoms with van der Waals surface area (Å²) in [5.41, 5.74) is 2.05. The summed E-state index contributed by atoms with van der Waals surface area (Å²) >= 11 is 0. The van der Waals surface area contributed by atoms with Crippen LogP contribution in [0.4, 0.5) is 4.39 Å². The second-order valence-corrected chi connectivity index (χ2v) is 4.47. The van der Waals surface area contributed by atoms with Gasteiger partial charge in [-0.05, 0) is 43.9 Å². The molecule has 0 radical (unpaired) electrons. The number of rotatable bonds is 2. The summed E-state index contributed by atoms with van der Waals surface area (Å²) in [6, 6.07) is 3.34. The lowest BCUT2D eigenvalue weighted by atomic mass is 9.96. The lowest BCUT2D eigenvalue weighted by Crippen LogP contribution is -2.19. The number of halogens is 1. The molecule has 0 spiro atoms. The van der Waals surface area contributed by atoms with E-state index >= 15 is 0 Å². The fourth-order valence-corrected chi connectivity index (χ4v) is 2.34. The van der Waals surface area contributed by atoms with E-state index in [0.29, 0.717) is 12.2 Å². The fourth-order valence-electron chi connectivity index (χ4n) is 2.34. The summed E-state index contributed by atoms with van der Waals surface area (Å²) in [7, 11) is 0. The van der Waals surface area contributed by atoms with Crippen molar-refractivity contribution in [1.82, 2.24) is 0 Å². The smallest absolute Gasteiger partial charge is 0.129 e. The first kappa shape index (κ1) is 11.6. The van der Waals surface area contributed by atoms with Crippen LogP contribution in [0, 0.1) is 19.7 Å². The van der Waals surface area contributed by atoms with E-state index < -0.39 is 6.10 Å². The van der Waals surface area contributed by atoms with Gasteiger partial charge in [0.25, 0.3) is 0 Å². The topological polar surface area (TPSA) is 29.5 Å². The van der Waals surface area contributed by atoms with Crippen LogP contribution in [-0.2, 0) is 4.74 Å². The maximum absolute atomic E-state index is 13.8. The quantitative estimate of drug-likeness (QED) is 0.836. The Morgan fingerprint density at radius 2 is 2.19 bits per heavy atom. The lowest BCUT2D eigenvalue weighted by molar-refractivity contribution is -0.00458. The number of hydrogen-bond acceptors (Lipinski definition) is 2. The van der Waals surface area contributed by atoms with Crippen molar-refractivity contribution in [2.75, 3.05) is 6.61 Å². The van der Waals surface area contributed by atoms with Gasteiger partial charge in [-0.1, -0.05) is 6.07 Å². The SMILES string of the molecule is Cc1cc(C)c(C(O)C2CCCO2)c(F)c1. The molecule has 1 heterocycles. The first-order chi connectivity index (χ1) is 7.59. The molecule has 1 aliphatic rings.